The molecule has 0 heterocycles. The molecule has 1 nitrogen and oxygen atoms in total. The molecule has 29 heavy (non-hydrogen) atoms. The van der Waals surface area contributed by atoms with Gasteiger partial charge in [-0.2, -0.15) is 0 Å². The summed E-state index contributed by atoms with van der Waals surface area (Å²) in [4.78, 5) is 0. The molecule has 1 atom stereocenters. The minimum Gasteiger partial charge on any atom is -0.327 e. The Hall–Kier alpha value is -0.790. The van der Waals surface area contributed by atoms with Crippen molar-refractivity contribution in [1.29, 1.82) is 0 Å². The molecular weight excluding hydrogens is 374 g/mol. The smallest absolute Gasteiger partial charge is 0.0446 e. The van der Waals surface area contributed by atoms with Gasteiger partial charge >= 0.3 is 0 Å². The Balaban J connectivity index is 1.37. The number of halogens is 1. The fourth-order valence-corrected chi connectivity index (χ4v) is 8.68. The van der Waals surface area contributed by atoms with E-state index in [9.17, 15) is 0 Å². The molecule has 4 bridgehead atoms. The predicted octanol–water partition coefficient (Wildman–Crippen LogP) is 7.20. The lowest BCUT2D eigenvalue weighted by Crippen LogP contribution is -2.48. The zero-order valence-corrected chi connectivity index (χ0v) is 18.9. The lowest BCUT2D eigenvalue weighted by Gasteiger charge is -2.57. The van der Waals surface area contributed by atoms with Crippen molar-refractivity contribution < 1.29 is 0 Å². The highest BCUT2D eigenvalue weighted by molar-refractivity contribution is 6.31. The van der Waals surface area contributed by atoms with Crippen LogP contribution in [0.25, 0.3) is 0 Å². The molecule has 5 aliphatic rings. The first-order valence-electron chi connectivity index (χ1n) is 12.1. The molecule has 0 aromatic heterocycles. The van der Waals surface area contributed by atoms with Crippen molar-refractivity contribution in [3.63, 3.8) is 0 Å². The molecule has 0 spiro atoms. The molecule has 0 aliphatic heterocycles. The van der Waals surface area contributed by atoms with Gasteiger partial charge in [-0.15, -0.1) is 0 Å². The normalized spacial score (nSPS) is 36.2. The summed E-state index contributed by atoms with van der Waals surface area (Å²) in [6, 6.07) is 7.18. The summed E-state index contributed by atoms with van der Waals surface area (Å²) in [6.45, 7) is 6.73. The van der Waals surface area contributed by atoms with Gasteiger partial charge in [-0.3, -0.25) is 0 Å². The van der Waals surface area contributed by atoms with Crippen molar-refractivity contribution in [2.75, 3.05) is 0 Å². The fourth-order valence-electron chi connectivity index (χ4n) is 8.28. The molecule has 5 aliphatic carbocycles. The first kappa shape index (κ1) is 20.1. The van der Waals surface area contributed by atoms with E-state index in [1.807, 2.05) is 0 Å². The third-order valence-electron chi connectivity index (χ3n) is 9.38. The number of benzene rings is 1. The highest BCUT2D eigenvalue weighted by Crippen LogP contribution is 2.61. The molecule has 2 N–H and O–H groups in total. The van der Waals surface area contributed by atoms with Gasteiger partial charge in [0.05, 0.1) is 0 Å². The Labute approximate surface area is 182 Å². The zero-order valence-electron chi connectivity index (χ0n) is 18.2. The average molecular weight is 412 g/mol. The maximum Gasteiger partial charge on any atom is 0.0446 e. The second-order valence-electron chi connectivity index (χ2n) is 11.3. The predicted molar refractivity (Wildman–Crippen MR) is 123 cm³/mol. The van der Waals surface area contributed by atoms with Gasteiger partial charge in [-0.25, -0.2) is 0 Å². The van der Waals surface area contributed by atoms with Crippen LogP contribution in [0, 0.1) is 23.2 Å². The molecule has 158 valence electrons. The lowest BCUT2D eigenvalue weighted by atomic mass is 9.48. The van der Waals surface area contributed by atoms with E-state index in [1.54, 1.807) is 0 Å². The standard InChI is InChI=1S/C27H38ClN/c1-18(27(19(2)29)8-4-3-5-9-27)10-20-6-7-24(25(28)14-20)26-15-21-11-22(16-26)13-23(12-21)17-26/h6-7,14,19,21-23H,1,3-5,8-13,15-17,29H2,2H3. The topological polar surface area (TPSA) is 26.0 Å². The maximum absolute atomic E-state index is 6.98. The Kier molecular flexibility index (Phi) is 5.15. The van der Waals surface area contributed by atoms with Crippen LogP contribution in [0.5, 0.6) is 0 Å². The Morgan fingerprint density at radius 1 is 1.07 bits per heavy atom. The minimum atomic E-state index is 0.114. The summed E-state index contributed by atoms with van der Waals surface area (Å²) in [5.74, 6) is 2.86. The van der Waals surface area contributed by atoms with E-state index in [4.69, 9.17) is 17.3 Å². The minimum absolute atomic E-state index is 0.114. The molecule has 0 radical (unpaired) electrons. The lowest BCUT2D eigenvalue weighted by molar-refractivity contribution is -0.00514. The molecule has 2 heteroatoms. The van der Waals surface area contributed by atoms with E-state index in [0.717, 1.165) is 29.2 Å². The van der Waals surface area contributed by atoms with Gasteiger partial charge in [0.1, 0.15) is 0 Å². The summed E-state index contributed by atoms with van der Waals surface area (Å²) in [5.41, 5.74) is 11.1. The van der Waals surface area contributed by atoms with Gasteiger partial charge in [-0.1, -0.05) is 55.1 Å². The Morgan fingerprint density at radius 3 is 2.17 bits per heavy atom. The van der Waals surface area contributed by atoms with Gasteiger partial charge in [0, 0.05) is 16.5 Å². The molecule has 1 aromatic carbocycles. The number of hydrogen-bond acceptors (Lipinski definition) is 1. The molecular formula is C27H38ClN. The van der Waals surface area contributed by atoms with Crippen LogP contribution in [-0.4, -0.2) is 6.04 Å². The van der Waals surface area contributed by atoms with Gasteiger partial charge in [-0.05, 0) is 105 Å². The molecule has 1 aromatic rings. The van der Waals surface area contributed by atoms with Gasteiger partial charge in [0.15, 0.2) is 0 Å². The Bertz CT molecular complexity index is 750. The largest absolute Gasteiger partial charge is 0.327 e. The molecule has 5 fully saturated rings. The van der Waals surface area contributed by atoms with E-state index in [0.29, 0.717) is 5.41 Å². The van der Waals surface area contributed by atoms with Crippen molar-refractivity contribution in [2.45, 2.75) is 95.4 Å². The van der Waals surface area contributed by atoms with E-state index in [2.05, 4.69) is 31.7 Å². The van der Waals surface area contributed by atoms with Gasteiger partial charge in [0.2, 0.25) is 0 Å². The highest BCUT2D eigenvalue weighted by Gasteiger charge is 2.52. The maximum atomic E-state index is 6.98. The van der Waals surface area contributed by atoms with Crippen molar-refractivity contribution >= 4 is 11.6 Å². The molecule has 5 saturated carbocycles. The number of nitrogens with two attached hydrogens (primary N) is 1. The summed E-state index contributed by atoms with van der Waals surface area (Å²) < 4.78 is 0. The molecule has 0 saturated heterocycles. The van der Waals surface area contributed by atoms with Crippen LogP contribution in [0.4, 0.5) is 0 Å². The zero-order chi connectivity index (χ0) is 20.2. The van der Waals surface area contributed by atoms with E-state index >= 15 is 0 Å². The van der Waals surface area contributed by atoms with Crippen LogP contribution in [0.15, 0.2) is 30.4 Å². The summed E-state index contributed by atoms with van der Waals surface area (Å²) in [7, 11) is 0. The van der Waals surface area contributed by atoms with E-state index in [-0.39, 0.29) is 11.5 Å². The van der Waals surface area contributed by atoms with Gasteiger partial charge in [0.25, 0.3) is 0 Å². The number of hydrogen-bond donors (Lipinski definition) is 1. The van der Waals surface area contributed by atoms with Crippen LogP contribution in [-0.2, 0) is 11.8 Å². The quantitative estimate of drug-likeness (QED) is 0.509. The monoisotopic (exact) mass is 411 g/mol. The van der Waals surface area contributed by atoms with Crippen molar-refractivity contribution in [3.8, 4) is 0 Å². The van der Waals surface area contributed by atoms with Crippen molar-refractivity contribution in [3.05, 3.63) is 46.5 Å². The molecule has 6 rings (SSSR count). The first-order valence-corrected chi connectivity index (χ1v) is 12.5. The number of rotatable bonds is 5. The van der Waals surface area contributed by atoms with Crippen molar-refractivity contribution in [1.82, 2.24) is 0 Å². The summed E-state index contributed by atoms with van der Waals surface area (Å²) >= 11 is 6.98. The second-order valence-corrected chi connectivity index (χ2v) is 11.7. The van der Waals surface area contributed by atoms with Gasteiger partial charge < -0.3 is 5.73 Å². The van der Waals surface area contributed by atoms with Crippen LogP contribution in [0.1, 0.15) is 88.7 Å². The summed E-state index contributed by atoms with van der Waals surface area (Å²) in [6.07, 6.45) is 15.8. The average Bonchev–Trinajstić information content (AvgIpc) is 2.67. The highest BCUT2D eigenvalue weighted by atomic mass is 35.5. The third kappa shape index (κ3) is 3.41. The van der Waals surface area contributed by atoms with Crippen LogP contribution in [0.2, 0.25) is 5.02 Å². The van der Waals surface area contributed by atoms with Crippen LogP contribution >= 0.6 is 11.6 Å². The van der Waals surface area contributed by atoms with Crippen LogP contribution < -0.4 is 5.73 Å². The SMILES string of the molecule is C=C(Cc1ccc(C23CC4CC(CC(C4)C2)C3)c(Cl)c1)C1(C(C)N)CCCCC1. The van der Waals surface area contributed by atoms with E-state index < -0.39 is 0 Å². The van der Waals surface area contributed by atoms with Crippen LogP contribution in [0.3, 0.4) is 0 Å². The van der Waals surface area contributed by atoms with Crippen molar-refractivity contribution in [2.24, 2.45) is 28.9 Å². The molecule has 0 amide bonds. The fraction of sp³-hybridized carbons (Fsp3) is 0.704. The molecule has 1 unspecified atom stereocenters. The third-order valence-corrected chi connectivity index (χ3v) is 9.69. The summed E-state index contributed by atoms with van der Waals surface area (Å²) in [5, 5.41) is 1.01. The Morgan fingerprint density at radius 2 is 1.66 bits per heavy atom. The first-order chi connectivity index (χ1) is 13.9. The second kappa shape index (κ2) is 7.41. The van der Waals surface area contributed by atoms with E-state index in [1.165, 1.54) is 87.3 Å².